The van der Waals surface area contributed by atoms with Gasteiger partial charge in [-0.2, -0.15) is 0 Å². The van der Waals surface area contributed by atoms with Gasteiger partial charge in [-0.25, -0.2) is 9.97 Å². The third kappa shape index (κ3) is 6.48. The summed E-state index contributed by atoms with van der Waals surface area (Å²) in [6.07, 6.45) is 15.7. The van der Waals surface area contributed by atoms with Crippen molar-refractivity contribution >= 4 is 17.3 Å². The van der Waals surface area contributed by atoms with Crippen molar-refractivity contribution in [3.63, 3.8) is 0 Å². The number of ether oxygens (including phenoxy) is 1. The van der Waals surface area contributed by atoms with Crippen LogP contribution in [0.2, 0.25) is 0 Å². The molecule has 0 radical (unpaired) electrons. The molecular formula is C36H46N4O2. The second kappa shape index (κ2) is 13.3. The Morgan fingerprint density at radius 1 is 0.976 bits per heavy atom. The average Bonchev–Trinajstić information content (AvgIpc) is 3.42. The minimum absolute atomic E-state index is 0.0567. The van der Waals surface area contributed by atoms with Gasteiger partial charge in [-0.15, -0.1) is 0 Å². The lowest BCUT2D eigenvalue weighted by atomic mass is 9.81. The Bertz CT molecular complexity index is 1380. The normalized spacial score (nSPS) is 21.1. The molecule has 2 atom stereocenters. The Labute approximate surface area is 251 Å². The number of nitrogens with zero attached hydrogens (tertiary/aromatic N) is 3. The number of carbonyl (C=O) groups excluding carboxylic acids is 1. The largest absolute Gasteiger partial charge is 0.496 e. The van der Waals surface area contributed by atoms with Crippen molar-refractivity contribution in [2.24, 2.45) is 11.8 Å². The number of carbonyl (C=O) groups is 1. The van der Waals surface area contributed by atoms with Gasteiger partial charge >= 0.3 is 0 Å². The number of rotatable bonds is 8. The molecule has 1 saturated heterocycles. The second-order valence-electron chi connectivity index (χ2n) is 12.7. The number of anilines is 2. The lowest BCUT2D eigenvalue weighted by molar-refractivity contribution is 0.102. The molecule has 0 spiro atoms. The monoisotopic (exact) mass is 566 g/mol. The van der Waals surface area contributed by atoms with E-state index in [-0.39, 0.29) is 11.8 Å². The number of benzene rings is 2. The number of nitrogens with one attached hydrogen (secondary N) is 1. The molecule has 1 saturated carbocycles. The number of hydrogen-bond acceptors (Lipinski definition) is 5. The maximum atomic E-state index is 13.3. The van der Waals surface area contributed by atoms with Gasteiger partial charge in [0.25, 0.3) is 5.91 Å². The van der Waals surface area contributed by atoms with E-state index < -0.39 is 0 Å². The number of amides is 1. The number of aromatic nitrogens is 2. The maximum Gasteiger partial charge on any atom is 0.256 e. The molecule has 2 fully saturated rings. The van der Waals surface area contributed by atoms with Crippen LogP contribution in [0.4, 0.5) is 11.4 Å². The third-order valence-electron chi connectivity index (χ3n) is 10.0. The minimum Gasteiger partial charge on any atom is -0.496 e. The molecule has 222 valence electrons. The number of methoxy groups -OCH3 is 1. The zero-order valence-electron chi connectivity index (χ0n) is 25.4. The van der Waals surface area contributed by atoms with E-state index in [4.69, 9.17) is 14.7 Å². The first kappa shape index (κ1) is 28.7. The molecule has 6 nitrogen and oxygen atoms in total. The van der Waals surface area contributed by atoms with E-state index in [2.05, 4.69) is 47.5 Å². The van der Waals surface area contributed by atoms with Crippen molar-refractivity contribution in [3.8, 4) is 5.75 Å². The molecule has 0 bridgehead atoms. The summed E-state index contributed by atoms with van der Waals surface area (Å²) in [5.74, 6) is 3.57. The Morgan fingerprint density at radius 3 is 2.64 bits per heavy atom. The molecule has 3 aliphatic rings. The summed E-state index contributed by atoms with van der Waals surface area (Å²) >= 11 is 0. The summed E-state index contributed by atoms with van der Waals surface area (Å²) in [6.45, 7) is 4.55. The van der Waals surface area contributed by atoms with Gasteiger partial charge in [-0.3, -0.25) is 4.79 Å². The van der Waals surface area contributed by atoms with E-state index in [1.54, 1.807) is 7.11 Å². The van der Waals surface area contributed by atoms with Gasteiger partial charge in [-0.05, 0) is 79.5 Å². The van der Waals surface area contributed by atoms with Gasteiger partial charge in [0.1, 0.15) is 11.6 Å². The molecule has 2 unspecified atom stereocenters. The van der Waals surface area contributed by atoms with Crippen molar-refractivity contribution in [2.75, 3.05) is 30.4 Å². The Balaban J connectivity index is 1.19. The molecule has 42 heavy (non-hydrogen) atoms. The van der Waals surface area contributed by atoms with Crippen LogP contribution in [0.3, 0.4) is 0 Å². The van der Waals surface area contributed by atoms with Crippen LogP contribution in [-0.2, 0) is 19.3 Å². The van der Waals surface area contributed by atoms with Crippen molar-refractivity contribution in [3.05, 3.63) is 76.9 Å². The first-order chi connectivity index (χ1) is 20.6. The molecule has 1 aliphatic carbocycles. The molecule has 1 amide bonds. The van der Waals surface area contributed by atoms with E-state index in [1.807, 2.05) is 18.3 Å². The molecule has 2 aromatic carbocycles. The quantitative estimate of drug-likeness (QED) is 0.302. The predicted molar refractivity (Wildman–Crippen MR) is 170 cm³/mol. The molecule has 1 N–H and O–H groups in total. The topological polar surface area (TPSA) is 67.4 Å². The third-order valence-corrected chi connectivity index (χ3v) is 10.0. The van der Waals surface area contributed by atoms with E-state index in [9.17, 15) is 4.79 Å². The smallest absolute Gasteiger partial charge is 0.256 e. The molecule has 3 heterocycles. The lowest BCUT2D eigenvalue weighted by Gasteiger charge is -2.26. The SMILES string of the molecule is CCC1CCCN(c2ccc(CCc3ncc4c(n3)CC(CC3CCCC3)c3ccccc3C(=O)N4)c(OC)c2)CC1. The van der Waals surface area contributed by atoms with Gasteiger partial charge < -0.3 is 15.0 Å². The Kier molecular flexibility index (Phi) is 9.07. The fourth-order valence-electron chi connectivity index (χ4n) is 7.51. The summed E-state index contributed by atoms with van der Waals surface area (Å²) < 4.78 is 5.87. The Hall–Kier alpha value is -3.41. The highest BCUT2D eigenvalue weighted by Crippen LogP contribution is 2.39. The maximum absolute atomic E-state index is 13.3. The zero-order chi connectivity index (χ0) is 28.9. The standard InChI is InChI=1S/C36H46N4O2/c1-3-25-11-8-19-40(20-18-25)29-16-14-27(34(23-29)42-2)15-17-35-37-24-33-32(38-35)22-28(21-26-9-4-5-10-26)30-12-6-7-13-31(30)36(41)39-33/h6-7,12-14,16,23-26,28H,3-5,8-11,15,17-22H2,1-2H3,(H,39,41). The van der Waals surface area contributed by atoms with Crippen LogP contribution in [0.15, 0.2) is 48.7 Å². The van der Waals surface area contributed by atoms with Crippen LogP contribution in [0.1, 0.15) is 104 Å². The van der Waals surface area contributed by atoms with E-state index >= 15 is 0 Å². The number of hydrogen-bond donors (Lipinski definition) is 1. The van der Waals surface area contributed by atoms with Crippen LogP contribution < -0.4 is 15.0 Å². The van der Waals surface area contributed by atoms with Gasteiger partial charge in [0.15, 0.2) is 0 Å². The highest BCUT2D eigenvalue weighted by Gasteiger charge is 2.29. The first-order valence-corrected chi connectivity index (χ1v) is 16.3. The van der Waals surface area contributed by atoms with Crippen LogP contribution in [0.5, 0.6) is 5.75 Å². The highest BCUT2D eigenvalue weighted by molar-refractivity contribution is 6.06. The molecular weight excluding hydrogens is 520 g/mol. The van der Waals surface area contributed by atoms with E-state index in [1.165, 1.54) is 62.6 Å². The summed E-state index contributed by atoms with van der Waals surface area (Å²) in [7, 11) is 1.77. The van der Waals surface area contributed by atoms with Crippen molar-refractivity contribution < 1.29 is 9.53 Å². The first-order valence-electron chi connectivity index (χ1n) is 16.3. The molecule has 6 heteroatoms. The zero-order valence-corrected chi connectivity index (χ0v) is 25.4. The van der Waals surface area contributed by atoms with Crippen molar-refractivity contribution in [1.82, 2.24) is 9.97 Å². The van der Waals surface area contributed by atoms with Crippen molar-refractivity contribution in [2.45, 2.75) is 89.9 Å². The van der Waals surface area contributed by atoms with Gasteiger partial charge in [0.05, 0.1) is 24.7 Å². The second-order valence-corrected chi connectivity index (χ2v) is 12.7. The molecule has 6 rings (SSSR count). The Morgan fingerprint density at radius 2 is 1.81 bits per heavy atom. The minimum atomic E-state index is -0.0567. The summed E-state index contributed by atoms with van der Waals surface area (Å²) in [5, 5.41) is 3.11. The fraction of sp³-hybridized carbons (Fsp3) is 0.528. The fourth-order valence-corrected chi connectivity index (χ4v) is 7.51. The van der Waals surface area contributed by atoms with Gasteiger partial charge in [0.2, 0.25) is 0 Å². The average molecular weight is 567 g/mol. The van der Waals surface area contributed by atoms with Gasteiger partial charge in [-0.1, -0.05) is 63.3 Å². The van der Waals surface area contributed by atoms with Crippen LogP contribution >= 0.6 is 0 Å². The van der Waals surface area contributed by atoms with E-state index in [0.717, 1.165) is 84.7 Å². The summed E-state index contributed by atoms with van der Waals surface area (Å²) in [5.41, 5.74) is 6.09. The van der Waals surface area contributed by atoms with Crippen LogP contribution in [0.25, 0.3) is 0 Å². The molecule has 3 aromatic rings. The predicted octanol–water partition coefficient (Wildman–Crippen LogP) is 7.76. The molecule has 1 aromatic heterocycles. The highest BCUT2D eigenvalue weighted by atomic mass is 16.5. The van der Waals surface area contributed by atoms with Crippen LogP contribution in [0, 0.1) is 11.8 Å². The van der Waals surface area contributed by atoms with Gasteiger partial charge in [0, 0.05) is 36.8 Å². The lowest BCUT2D eigenvalue weighted by Crippen LogP contribution is -2.24. The van der Waals surface area contributed by atoms with E-state index in [0.29, 0.717) is 0 Å². The summed E-state index contributed by atoms with van der Waals surface area (Å²) in [6, 6.07) is 14.8. The number of aryl methyl sites for hydroxylation is 2. The number of fused-ring (bicyclic) bond motifs is 2. The molecule has 2 aliphatic heterocycles. The van der Waals surface area contributed by atoms with Crippen LogP contribution in [-0.4, -0.2) is 36.1 Å². The summed E-state index contributed by atoms with van der Waals surface area (Å²) in [4.78, 5) is 25.6. The van der Waals surface area contributed by atoms with Crippen molar-refractivity contribution in [1.29, 1.82) is 0 Å².